The molecular formula is C19H22Cl2N2O4S. The van der Waals surface area contributed by atoms with Gasteiger partial charge in [0.05, 0.1) is 20.6 Å². The predicted octanol–water partition coefficient (Wildman–Crippen LogP) is 4.33. The summed E-state index contributed by atoms with van der Waals surface area (Å²) in [6, 6.07) is 10.4. The number of hydrogen-bond acceptors (Lipinski definition) is 4. The van der Waals surface area contributed by atoms with Crippen molar-refractivity contribution in [3.63, 3.8) is 0 Å². The first kappa shape index (κ1) is 22.3. The van der Waals surface area contributed by atoms with Crippen LogP contribution in [0.4, 0.5) is 5.69 Å². The van der Waals surface area contributed by atoms with Gasteiger partial charge in [0.1, 0.15) is 5.75 Å². The Labute approximate surface area is 175 Å². The minimum absolute atomic E-state index is 0.00717. The van der Waals surface area contributed by atoms with E-state index in [9.17, 15) is 13.2 Å². The van der Waals surface area contributed by atoms with Crippen molar-refractivity contribution in [3.8, 4) is 5.75 Å². The lowest BCUT2D eigenvalue weighted by Gasteiger charge is -2.16. The van der Waals surface area contributed by atoms with Gasteiger partial charge in [0, 0.05) is 6.54 Å². The van der Waals surface area contributed by atoms with Crippen molar-refractivity contribution in [2.75, 3.05) is 11.3 Å². The fraction of sp³-hybridized carbons (Fsp3) is 0.316. The monoisotopic (exact) mass is 444 g/mol. The molecule has 6 nitrogen and oxygen atoms in total. The highest BCUT2D eigenvalue weighted by atomic mass is 35.5. The predicted molar refractivity (Wildman–Crippen MR) is 112 cm³/mol. The molecule has 0 aliphatic heterocycles. The average Bonchev–Trinajstić information content (AvgIpc) is 2.63. The smallest absolute Gasteiger partial charge is 0.261 e. The van der Waals surface area contributed by atoms with Crippen LogP contribution in [0.25, 0.3) is 0 Å². The minimum Gasteiger partial charge on any atom is -0.481 e. The third-order valence-corrected chi connectivity index (χ3v) is 5.70. The van der Waals surface area contributed by atoms with Crippen LogP contribution in [0.2, 0.25) is 10.0 Å². The number of para-hydroxylation sites is 1. The van der Waals surface area contributed by atoms with E-state index < -0.39 is 16.1 Å². The van der Waals surface area contributed by atoms with E-state index >= 15 is 0 Å². The van der Waals surface area contributed by atoms with E-state index in [2.05, 4.69) is 10.0 Å². The largest absolute Gasteiger partial charge is 0.481 e. The van der Waals surface area contributed by atoms with E-state index in [0.29, 0.717) is 18.2 Å². The van der Waals surface area contributed by atoms with Gasteiger partial charge in [-0.3, -0.25) is 9.52 Å². The lowest BCUT2D eigenvalue weighted by molar-refractivity contribution is -0.127. The molecule has 0 aliphatic carbocycles. The topological polar surface area (TPSA) is 84.5 Å². The van der Waals surface area contributed by atoms with Crippen molar-refractivity contribution in [1.29, 1.82) is 0 Å². The van der Waals surface area contributed by atoms with Gasteiger partial charge in [-0.25, -0.2) is 8.42 Å². The minimum atomic E-state index is -3.89. The van der Waals surface area contributed by atoms with Gasteiger partial charge in [-0.05, 0) is 49.2 Å². The van der Waals surface area contributed by atoms with E-state index in [0.717, 1.165) is 0 Å². The summed E-state index contributed by atoms with van der Waals surface area (Å²) in [4.78, 5) is 12.0. The SMILES string of the molecule is CC(C)CNC(=O)[C@H](C)Oc1ccc(S(=O)(=O)Nc2c(Cl)cccc2Cl)cc1. The van der Waals surface area contributed by atoms with Crippen LogP contribution in [0.15, 0.2) is 47.4 Å². The molecule has 9 heteroatoms. The standard InChI is InChI=1S/C19H22Cl2N2O4S/c1-12(2)11-22-19(24)13(3)27-14-7-9-15(10-8-14)28(25,26)23-18-16(20)5-4-6-17(18)21/h4-10,12-13,23H,11H2,1-3H3,(H,22,24)/t13-/m0/s1. The average molecular weight is 445 g/mol. The van der Waals surface area contributed by atoms with Crippen LogP contribution in [0.1, 0.15) is 20.8 Å². The van der Waals surface area contributed by atoms with Crippen LogP contribution in [0.3, 0.4) is 0 Å². The van der Waals surface area contributed by atoms with Crippen molar-refractivity contribution in [2.45, 2.75) is 31.8 Å². The van der Waals surface area contributed by atoms with Crippen molar-refractivity contribution < 1.29 is 17.9 Å². The second-order valence-electron chi connectivity index (χ2n) is 6.57. The zero-order valence-corrected chi connectivity index (χ0v) is 18.0. The maximum atomic E-state index is 12.6. The third-order valence-electron chi connectivity index (χ3n) is 3.70. The normalized spacial score (nSPS) is 12.5. The number of carbonyl (C=O) groups excluding carboxylic acids is 1. The molecule has 0 radical (unpaired) electrons. The molecule has 0 aromatic heterocycles. The second kappa shape index (κ2) is 9.49. The maximum Gasteiger partial charge on any atom is 0.261 e. The molecule has 152 valence electrons. The summed E-state index contributed by atoms with van der Waals surface area (Å²) in [5, 5.41) is 3.16. The van der Waals surface area contributed by atoms with Crippen molar-refractivity contribution in [1.82, 2.24) is 5.32 Å². The fourth-order valence-electron chi connectivity index (χ4n) is 2.19. The van der Waals surface area contributed by atoms with E-state index in [4.69, 9.17) is 27.9 Å². The van der Waals surface area contributed by atoms with Gasteiger partial charge in [0.15, 0.2) is 6.10 Å². The number of benzene rings is 2. The van der Waals surface area contributed by atoms with Gasteiger partial charge in [0.2, 0.25) is 0 Å². The van der Waals surface area contributed by atoms with Crippen molar-refractivity contribution in [3.05, 3.63) is 52.5 Å². The molecule has 0 bridgehead atoms. The lowest BCUT2D eigenvalue weighted by atomic mass is 10.2. The van der Waals surface area contributed by atoms with Gasteiger partial charge in [-0.2, -0.15) is 0 Å². The number of halogens is 2. The number of rotatable bonds is 8. The number of hydrogen-bond donors (Lipinski definition) is 2. The van der Waals surface area contributed by atoms with E-state index in [1.807, 2.05) is 13.8 Å². The Morgan fingerprint density at radius 3 is 2.14 bits per heavy atom. The van der Waals surface area contributed by atoms with Crippen LogP contribution < -0.4 is 14.8 Å². The highest BCUT2D eigenvalue weighted by Gasteiger charge is 2.19. The summed E-state index contributed by atoms with van der Waals surface area (Å²) < 4.78 is 33.1. The van der Waals surface area contributed by atoms with Crippen LogP contribution in [-0.4, -0.2) is 27.0 Å². The molecule has 0 saturated carbocycles. The summed E-state index contributed by atoms with van der Waals surface area (Å²) in [6.45, 7) is 6.17. The van der Waals surface area contributed by atoms with Gasteiger partial charge in [0.25, 0.3) is 15.9 Å². The molecule has 28 heavy (non-hydrogen) atoms. The zero-order valence-electron chi connectivity index (χ0n) is 15.7. The zero-order chi connectivity index (χ0) is 20.9. The molecule has 1 atom stereocenters. The summed E-state index contributed by atoms with van der Waals surface area (Å²) in [7, 11) is -3.89. The Balaban J connectivity index is 2.08. The lowest BCUT2D eigenvalue weighted by Crippen LogP contribution is -2.38. The summed E-state index contributed by atoms with van der Waals surface area (Å²) in [6.07, 6.45) is -0.707. The number of carbonyl (C=O) groups is 1. The molecule has 0 unspecified atom stereocenters. The van der Waals surface area contributed by atoms with Gasteiger partial charge < -0.3 is 10.1 Å². The molecule has 0 spiro atoms. The molecule has 0 saturated heterocycles. The number of anilines is 1. The molecule has 1 amide bonds. The molecule has 2 N–H and O–H groups in total. The van der Waals surface area contributed by atoms with E-state index in [1.165, 1.54) is 36.4 Å². The van der Waals surface area contributed by atoms with Crippen LogP contribution >= 0.6 is 23.2 Å². The Bertz CT molecular complexity index is 911. The van der Waals surface area contributed by atoms with E-state index in [-0.39, 0.29) is 26.5 Å². The summed E-state index contributed by atoms with van der Waals surface area (Å²) in [5.74, 6) is 0.474. The second-order valence-corrected chi connectivity index (χ2v) is 9.07. The number of ether oxygens (including phenoxy) is 1. The van der Waals surface area contributed by atoms with Gasteiger partial charge in [-0.15, -0.1) is 0 Å². The summed E-state index contributed by atoms with van der Waals surface area (Å²) in [5.41, 5.74) is 0.113. The molecule has 0 heterocycles. The quantitative estimate of drug-likeness (QED) is 0.634. The molecule has 2 rings (SSSR count). The third kappa shape index (κ3) is 6.02. The maximum absolute atomic E-state index is 12.6. The molecule has 0 fully saturated rings. The van der Waals surface area contributed by atoms with Gasteiger partial charge >= 0.3 is 0 Å². The molecule has 0 aliphatic rings. The fourth-order valence-corrected chi connectivity index (χ4v) is 3.90. The van der Waals surface area contributed by atoms with Crippen LogP contribution in [0, 0.1) is 5.92 Å². The Hall–Kier alpha value is -1.96. The highest BCUT2D eigenvalue weighted by molar-refractivity contribution is 7.92. The van der Waals surface area contributed by atoms with Crippen LogP contribution in [-0.2, 0) is 14.8 Å². The molecule has 2 aromatic rings. The highest BCUT2D eigenvalue weighted by Crippen LogP contribution is 2.32. The first-order valence-electron chi connectivity index (χ1n) is 8.61. The first-order chi connectivity index (χ1) is 13.1. The van der Waals surface area contributed by atoms with E-state index in [1.54, 1.807) is 13.0 Å². The van der Waals surface area contributed by atoms with Crippen molar-refractivity contribution >= 4 is 44.8 Å². The number of amides is 1. The molecule has 2 aromatic carbocycles. The van der Waals surface area contributed by atoms with Crippen molar-refractivity contribution in [2.24, 2.45) is 5.92 Å². The number of nitrogens with one attached hydrogen (secondary N) is 2. The Morgan fingerprint density at radius 1 is 1.04 bits per heavy atom. The Morgan fingerprint density at radius 2 is 1.61 bits per heavy atom. The van der Waals surface area contributed by atoms with Gasteiger partial charge in [-0.1, -0.05) is 43.1 Å². The number of sulfonamides is 1. The van der Waals surface area contributed by atoms with Crippen LogP contribution in [0.5, 0.6) is 5.75 Å². The first-order valence-corrected chi connectivity index (χ1v) is 10.9. The Kier molecular flexibility index (Phi) is 7.57. The molecular weight excluding hydrogens is 423 g/mol. The summed E-state index contributed by atoms with van der Waals surface area (Å²) >= 11 is 12.0.